The van der Waals surface area contributed by atoms with Gasteiger partial charge in [-0.2, -0.15) is 4.31 Å². The Labute approximate surface area is 124 Å². The molecule has 0 aromatic carbocycles. The van der Waals surface area contributed by atoms with Crippen LogP contribution in [0.3, 0.4) is 0 Å². The van der Waals surface area contributed by atoms with Crippen molar-refractivity contribution in [2.45, 2.75) is 37.1 Å². The van der Waals surface area contributed by atoms with E-state index < -0.39 is 10.0 Å². The fourth-order valence-corrected chi connectivity index (χ4v) is 5.12. The molecule has 1 N–H and O–H groups in total. The van der Waals surface area contributed by atoms with Crippen molar-refractivity contribution in [2.75, 3.05) is 26.2 Å². The topological polar surface area (TPSA) is 60.9 Å². The molecule has 1 saturated heterocycles. The molecule has 20 heavy (non-hydrogen) atoms. The zero-order valence-electron chi connectivity index (χ0n) is 11.9. The lowest BCUT2D eigenvalue weighted by Crippen LogP contribution is -2.50. The number of rotatable bonds is 5. The Morgan fingerprint density at radius 1 is 1.35 bits per heavy atom. The Kier molecular flexibility index (Phi) is 5.19. The molecule has 1 aliphatic heterocycles. The molecular formula is C13H22N2O3S2. The second-order valence-electron chi connectivity index (χ2n) is 5.13. The van der Waals surface area contributed by atoms with Crippen LogP contribution in [0.1, 0.15) is 25.8 Å². The molecule has 1 aromatic heterocycles. The smallest absolute Gasteiger partial charge is 0.252 e. The monoisotopic (exact) mass is 318 g/mol. The van der Waals surface area contributed by atoms with Crippen LogP contribution in [0.15, 0.2) is 15.7 Å². The summed E-state index contributed by atoms with van der Waals surface area (Å²) in [6.45, 7) is 6.86. The largest absolute Gasteiger partial charge is 0.392 e. The molecule has 5 nitrogen and oxygen atoms in total. The van der Waals surface area contributed by atoms with Crippen LogP contribution < -0.4 is 0 Å². The van der Waals surface area contributed by atoms with E-state index in [1.807, 2.05) is 0 Å². The minimum Gasteiger partial charge on any atom is -0.392 e. The van der Waals surface area contributed by atoms with Gasteiger partial charge in [-0.1, -0.05) is 6.92 Å². The van der Waals surface area contributed by atoms with Gasteiger partial charge in [0.15, 0.2) is 0 Å². The first-order chi connectivity index (χ1) is 9.48. The van der Waals surface area contributed by atoms with Gasteiger partial charge in [0.1, 0.15) is 4.21 Å². The summed E-state index contributed by atoms with van der Waals surface area (Å²) in [5.41, 5.74) is 0.659. The first-order valence-electron chi connectivity index (χ1n) is 6.91. The third kappa shape index (κ3) is 3.23. The van der Waals surface area contributed by atoms with Crippen molar-refractivity contribution in [3.8, 4) is 0 Å². The van der Waals surface area contributed by atoms with Gasteiger partial charge in [-0.15, -0.1) is 11.3 Å². The SMILES string of the molecule is CCC(C)N1CCN(S(=O)(=O)c2cc(CO)cs2)CC1. The Morgan fingerprint density at radius 3 is 2.50 bits per heavy atom. The van der Waals surface area contributed by atoms with Crippen molar-refractivity contribution in [3.63, 3.8) is 0 Å². The maximum atomic E-state index is 12.5. The van der Waals surface area contributed by atoms with E-state index in [4.69, 9.17) is 5.11 Å². The van der Waals surface area contributed by atoms with Gasteiger partial charge in [0, 0.05) is 32.2 Å². The van der Waals surface area contributed by atoms with Crippen molar-refractivity contribution in [3.05, 3.63) is 17.0 Å². The van der Waals surface area contributed by atoms with Gasteiger partial charge in [0.25, 0.3) is 10.0 Å². The van der Waals surface area contributed by atoms with E-state index in [0.717, 1.165) is 19.5 Å². The van der Waals surface area contributed by atoms with Crippen LogP contribution in [0.2, 0.25) is 0 Å². The summed E-state index contributed by atoms with van der Waals surface area (Å²) in [6, 6.07) is 2.07. The van der Waals surface area contributed by atoms with Crippen LogP contribution in [-0.4, -0.2) is 55.0 Å². The lowest BCUT2D eigenvalue weighted by molar-refractivity contribution is 0.143. The van der Waals surface area contributed by atoms with Crippen LogP contribution in [-0.2, 0) is 16.6 Å². The molecule has 0 saturated carbocycles. The molecule has 2 heterocycles. The third-order valence-corrected chi connectivity index (χ3v) is 7.26. The summed E-state index contributed by atoms with van der Waals surface area (Å²) in [5, 5.41) is 10.7. The molecule has 0 radical (unpaired) electrons. The minimum absolute atomic E-state index is 0.117. The van der Waals surface area contributed by atoms with Gasteiger partial charge in [-0.25, -0.2) is 8.42 Å². The highest BCUT2D eigenvalue weighted by Crippen LogP contribution is 2.25. The van der Waals surface area contributed by atoms with Crippen LogP contribution in [0.25, 0.3) is 0 Å². The van der Waals surface area contributed by atoms with E-state index in [1.54, 1.807) is 15.8 Å². The summed E-state index contributed by atoms with van der Waals surface area (Å²) in [5.74, 6) is 0. The average Bonchev–Trinajstić information content (AvgIpc) is 2.96. The Hall–Kier alpha value is -0.470. The van der Waals surface area contributed by atoms with E-state index in [9.17, 15) is 8.42 Å². The van der Waals surface area contributed by atoms with E-state index >= 15 is 0 Å². The number of aliphatic hydroxyl groups is 1. The molecular weight excluding hydrogens is 296 g/mol. The molecule has 1 atom stereocenters. The van der Waals surface area contributed by atoms with Crippen molar-refractivity contribution >= 4 is 21.4 Å². The lowest BCUT2D eigenvalue weighted by atomic mass is 10.2. The Balaban J connectivity index is 2.05. The number of thiophene rings is 1. The highest BCUT2D eigenvalue weighted by atomic mass is 32.2. The molecule has 0 spiro atoms. The number of nitrogens with zero attached hydrogens (tertiary/aromatic N) is 2. The molecule has 0 bridgehead atoms. The fourth-order valence-electron chi connectivity index (χ4n) is 2.34. The molecule has 1 unspecified atom stereocenters. The van der Waals surface area contributed by atoms with Gasteiger partial charge in [0.2, 0.25) is 0 Å². The van der Waals surface area contributed by atoms with Gasteiger partial charge in [0.05, 0.1) is 6.61 Å². The normalized spacial score (nSPS) is 20.1. The molecule has 2 rings (SSSR count). The van der Waals surface area contributed by atoms with Crippen LogP contribution in [0, 0.1) is 0 Å². The second kappa shape index (κ2) is 6.53. The summed E-state index contributed by atoms with van der Waals surface area (Å²) >= 11 is 1.18. The third-order valence-electron chi connectivity index (χ3n) is 3.89. The predicted molar refractivity (Wildman–Crippen MR) is 80.3 cm³/mol. The minimum atomic E-state index is -3.39. The highest BCUT2D eigenvalue weighted by molar-refractivity contribution is 7.91. The zero-order chi connectivity index (χ0) is 14.8. The zero-order valence-corrected chi connectivity index (χ0v) is 13.6. The molecule has 114 valence electrons. The van der Waals surface area contributed by atoms with Crippen LogP contribution in [0.4, 0.5) is 0 Å². The number of piperazine rings is 1. The summed E-state index contributed by atoms with van der Waals surface area (Å²) in [7, 11) is -3.39. The van der Waals surface area contributed by atoms with Crippen molar-refractivity contribution < 1.29 is 13.5 Å². The molecule has 0 aliphatic carbocycles. The number of aliphatic hydroxyl groups excluding tert-OH is 1. The number of hydrogen-bond acceptors (Lipinski definition) is 5. The van der Waals surface area contributed by atoms with Crippen molar-refractivity contribution in [2.24, 2.45) is 0 Å². The summed E-state index contributed by atoms with van der Waals surface area (Å²) < 4.78 is 26.9. The van der Waals surface area contributed by atoms with Gasteiger partial charge < -0.3 is 5.11 Å². The molecule has 1 aliphatic rings. The van der Waals surface area contributed by atoms with E-state index in [2.05, 4.69) is 18.7 Å². The van der Waals surface area contributed by atoms with Crippen molar-refractivity contribution in [1.82, 2.24) is 9.21 Å². The Bertz CT molecular complexity index is 534. The van der Waals surface area contributed by atoms with Crippen LogP contribution in [0.5, 0.6) is 0 Å². The maximum absolute atomic E-state index is 12.5. The standard InChI is InChI=1S/C13H22N2O3S2/c1-3-11(2)14-4-6-15(7-5-14)20(17,18)13-8-12(9-16)10-19-13/h8,10-11,16H,3-7,9H2,1-2H3. The Morgan fingerprint density at radius 2 is 2.00 bits per heavy atom. The molecule has 0 amide bonds. The maximum Gasteiger partial charge on any atom is 0.252 e. The highest BCUT2D eigenvalue weighted by Gasteiger charge is 2.30. The summed E-state index contributed by atoms with van der Waals surface area (Å²) in [6.07, 6.45) is 1.08. The van der Waals surface area contributed by atoms with Crippen molar-refractivity contribution in [1.29, 1.82) is 0 Å². The first kappa shape index (κ1) is 15.9. The summed E-state index contributed by atoms with van der Waals surface area (Å²) in [4.78, 5) is 2.33. The quantitative estimate of drug-likeness (QED) is 0.890. The molecule has 1 fully saturated rings. The van der Waals surface area contributed by atoms with Gasteiger partial charge in [-0.05, 0) is 30.4 Å². The van der Waals surface area contributed by atoms with Gasteiger partial charge in [-0.3, -0.25) is 4.90 Å². The molecule has 1 aromatic rings. The van der Waals surface area contributed by atoms with E-state index in [1.165, 1.54) is 11.3 Å². The second-order valence-corrected chi connectivity index (χ2v) is 8.21. The average molecular weight is 318 g/mol. The van der Waals surface area contributed by atoms with E-state index in [-0.39, 0.29) is 6.61 Å². The predicted octanol–water partition coefficient (Wildman–Crippen LogP) is 1.35. The lowest BCUT2D eigenvalue weighted by Gasteiger charge is -2.36. The number of hydrogen-bond donors (Lipinski definition) is 1. The first-order valence-corrected chi connectivity index (χ1v) is 9.23. The fraction of sp³-hybridized carbons (Fsp3) is 0.692. The molecule has 7 heteroatoms. The number of sulfonamides is 1. The van der Waals surface area contributed by atoms with E-state index in [0.29, 0.717) is 28.9 Å². The van der Waals surface area contributed by atoms with Gasteiger partial charge >= 0.3 is 0 Å². The van der Waals surface area contributed by atoms with Crippen LogP contribution >= 0.6 is 11.3 Å².